The molecule has 1 aliphatic carbocycles. The van der Waals surface area contributed by atoms with Crippen LogP contribution in [-0.4, -0.2) is 25.0 Å². The van der Waals surface area contributed by atoms with E-state index in [-0.39, 0.29) is 0 Å². The van der Waals surface area contributed by atoms with Crippen LogP contribution in [0.2, 0.25) is 0 Å². The van der Waals surface area contributed by atoms with Crippen LogP contribution in [0, 0.1) is 11.3 Å². The average Bonchev–Trinajstić information content (AvgIpc) is 2.06. The first-order valence-electron chi connectivity index (χ1n) is 5.39. The molecule has 2 aliphatic rings. The van der Waals surface area contributed by atoms with Gasteiger partial charge in [0.1, 0.15) is 0 Å². The number of likely N-dealkylation sites (tertiary alicyclic amines) is 1. The van der Waals surface area contributed by atoms with Gasteiger partial charge in [-0.3, -0.25) is 0 Å². The number of rotatable bonds is 0. The summed E-state index contributed by atoms with van der Waals surface area (Å²) in [6.07, 6.45) is 7.38. The average molecular weight is 167 g/mol. The van der Waals surface area contributed by atoms with E-state index < -0.39 is 0 Å². The fourth-order valence-corrected chi connectivity index (χ4v) is 3.03. The van der Waals surface area contributed by atoms with E-state index >= 15 is 0 Å². The number of nitrogens with zero attached hydrogens (tertiary/aromatic N) is 1. The smallest absolute Gasteiger partial charge is 0.00118 e. The van der Waals surface area contributed by atoms with Crippen molar-refractivity contribution in [3.63, 3.8) is 0 Å². The van der Waals surface area contributed by atoms with Crippen molar-refractivity contribution in [3.05, 3.63) is 0 Å². The van der Waals surface area contributed by atoms with E-state index in [2.05, 4.69) is 18.9 Å². The molecule has 2 atom stereocenters. The predicted octanol–water partition coefficient (Wildman–Crippen LogP) is 2.52. The molecule has 1 saturated heterocycles. The summed E-state index contributed by atoms with van der Waals surface area (Å²) in [6.45, 7) is 5.20. The quantitative estimate of drug-likeness (QED) is 0.536. The van der Waals surface area contributed by atoms with E-state index in [1.54, 1.807) is 0 Å². The highest BCUT2D eigenvalue weighted by atomic mass is 15.1. The van der Waals surface area contributed by atoms with Crippen LogP contribution in [-0.2, 0) is 0 Å². The Morgan fingerprint density at radius 3 is 2.92 bits per heavy atom. The highest BCUT2D eigenvalue weighted by Crippen LogP contribution is 2.46. The second-order valence-corrected chi connectivity index (χ2v) is 5.11. The highest BCUT2D eigenvalue weighted by molar-refractivity contribution is 4.91. The fraction of sp³-hybridized carbons (Fsp3) is 1.00. The second kappa shape index (κ2) is 3.02. The first-order chi connectivity index (χ1) is 5.71. The van der Waals surface area contributed by atoms with Crippen LogP contribution in [0.3, 0.4) is 0 Å². The monoisotopic (exact) mass is 167 g/mol. The Bertz CT molecular complexity index is 166. The lowest BCUT2D eigenvalue weighted by molar-refractivity contribution is 0.0238. The van der Waals surface area contributed by atoms with E-state index in [1.165, 1.54) is 45.2 Å². The van der Waals surface area contributed by atoms with Gasteiger partial charge >= 0.3 is 0 Å². The van der Waals surface area contributed by atoms with Crippen molar-refractivity contribution in [1.29, 1.82) is 0 Å². The summed E-state index contributed by atoms with van der Waals surface area (Å²) in [5.74, 6) is 1.00. The summed E-state index contributed by atoms with van der Waals surface area (Å²) in [4.78, 5) is 2.51. The van der Waals surface area contributed by atoms with Gasteiger partial charge in [-0.05, 0) is 44.2 Å². The van der Waals surface area contributed by atoms with Crippen molar-refractivity contribution in [2.75, 3.05) is 20.1 Å². The molecule has 2 rings (SSSR count). The Morgan fingerprint density at radius 2 is 2.08 bits per heavy atom. The van der Waals surface area contributed by atoms with Crippen molar-refractivity contribution < 1.29 is 0 Å². The molecule has 0 aromatic carbocycles. The zero-order valence-electron chi connectivity index (χ0n) is 8.47. The first-order valence-corrected chi connectivity index (χ1v) is 5.39. The molecule has 1 heteroatoms. The van der Waals surface area contributed by atoms with E-state index in [0.717, 1.165) is 5.92 Å². The molecule has 0 amide bonds. The third kappa shape index (κ3) is 1.39. The minimum atomic E-state index is 0.713. The van der Waals surface area contributed by atoms with Gasteiger partial charge in [0, 0.05) is 6.54 Å². The van der Waals surface area contributed by atoms with Crippen molar-refractivity contribution >= 4 is 0 Å². The largest absolute Gasteiger partial charge is 0.306 e. The number of fused-ring (bicyclic) bond motifs is 1. The third-order valence-electron chi connectivity index (χ3n) is 4.13. The molecule has 0 aromatic rings. The maximum absolute atomic E-state index is 2.52. The summed E-state index contributed by atoms with van der Waals surface area (Å²) in [5.41, 5.74) is 0.713. The van der Waals surface area contributed by atoms with Gasteiger partial charge in [-0.25, -0.2) is 0 Å². The third-order valence-corrected chi connectivity index (χ3v) is 4.13. The minimum Gasteiger partial charge on any atom is -0.306 e. The van der Waals surface area contributed by atoms with Crippen molar-refractivity contribution in [2.45, 2.75) is 39.0 Å². The SMILES string of the molecule is CN1CC[C@]2(C)CCCCC2C1. The van der Waals surface area contributed by atoms with Gasteiger partial charge in [-0.1, -0.05) is 19.8 Å². The van der Waals surface area contributed by atoms with E-state index in [0.29, 0.717) is 5.41 Å². The molecule has 0 N–H and O–H groups in total. The summed E-state index contributed by atoms with van der Waals surface area (Å²) in [7, 11) is 2.27. The lowest BCUT2D eigenvalue weighted by Gasteiger charge is -2.48. The van der Waals surface area contributed by atoms with E-state index in [4.69, 9.17) is 0 Å². The topological polar surface area (TPSA) is 3.24 Å². The molecule has 0 spiro atoms. The van der Waals surface area contributed by atoms with Crippen LogP contribution in [0.5, 0.6) is 0 Å². The molecule has 0 bridgehead atoms. The van der Waals surface area contributed by atoms with Crippen molar-refractivity contribution in [2.24, 2.45) is 11.3 Å². The number of piperidine rings is 1. The molecule has 1 aliphatic heterocycles. The standard InChI is InChI=1S/C11H21N/c1-11-6-4-3-5-10(11)9-12(2)8-7-11/h10H,3-9H2,1-2H3/t10?,11-/m0/s1. The van der Waals surface area contributed by atoms with Gasteiger partial charge in [-0.15, -0.1) is 0 Å². The number of hydrogen-bond donors (Lipinski definition) is 0. The Morgan fingerprint density at radius 1 is 1.25 bits per heavy atom. The maximum atomic E-state index is 2.52. The molecular formula is C11H21N. The van der Waals surface area contributed by atoms with Crippen LogP contribution >= 0.6 is 0 Å². The molecule has 2 fully saturated rings. The molecule has 70 valence electrons. The van der Waals surface area contributed by atoms with E-state index in [1.807, 2.05) is 0 Å². The van der Waals surface area contributed by atoms with Crippen LogP contribution in [0.15, 0.2) is 0 Å². The maximum Gasteiger partial charge on any atom is 0.00118 e. The van der Waals surface area contributed by atoms with Crippen molar-refractivity contribution in [3.8, 4) is 0 Å². The molecular weight excluding hydrogens is 146 g/mol. The summed E-state index contributed by atoms with van der Waals surface area (Å²) < 4.78 is 0. The van der Waals surface area contributed by atoms with Crippen LogP contribution < -0.4 is 0 Å². The van der Waals surface area contributed by atoms with Gasteiger partial charge in [0.2, 0.25) is 0 Å². The Labute approximate surface area is 76.1 Å². The van der Waals surface area contributed by atoms with Crippen molar-refractivity contribution in [1.82, 2.24) is 4.90 Å². The summed E-state index contributed by atoms with van der Waals surface area (Å²) >= 11 is 0. The zero-order chi connectivity index (χ0) is 8.60. The predicted molar refractivity (Wildman–Crippen MR) is 52.2 cm³/mol. The molecule has 12 heavy (non-hydrogen) atoms. The Hall–Kier alpha value is -0.0400. The lowest BCUT2D eigenvalue weighted by Crippen LogP contribution is -2.45. The number of hydrogen-bond acceptors (Lipinski definition) is 1. The lowest BCUT2D eigenvalue weighted by atomic mass is 9.64. The Kier molecular flexibility index (Phi) is 2.16. The molecule has 1 saturated carbocycles. The zero-order valence-corrected chi connectivity index (χ0v) is 8.47. The molecule has 1 unspecified atom stereocenters. The molecule has 1 heterocycles. The van der Waals surface area contributed by atoms with Gasteiger partial charge < -0.3 is 4.90 Å². The van der Waals surface area contributed by atoms with Gasteiger partial charge in [0.25, 0.3) is 0 Å². The van der Waals surface area contributed by atoms with Gasteiger partial charge in [-0.2, -0.15) is 0 Å². The van der Waals surface area contributed by atoms with E-state index in [9.17, 15) is 0 Å². The normalized spacial score (nSPS) is 44.0. The molecule has 0 radical (unpaired) electrons. The Balaban J connectivity index is 2.06. The van der Waals surface area contributed by atoms with Crippen LogP contribution in [0.25, 0.3) is 0 Å². The highest BCUT2D eigenvalue weighted by Gasteiger charge is 2.39. The van der Waals surface area contributed by atoms with Crippen LogP contribution in [0.4, 0.5) is 0 Å². The minimum absolute atomic E-state index is 0.713. The second-order valence-electron chi connectivity index (χ2n) is 5.11. The summed E-state index contributed by atoms with van der Waals surface area (Å²) in [6, 6.07) is 0. The molecule has 0 aromatic heterocycles. The van der Waals surface area contributed by atoms with Crippen LogP contribution in [0.1, 0.15) is 39.0 Å². The molecule has 1 nitrogen and oxygen atoms in total. The fourth-order valence-electron chi connectivity index (χ4n) is 3.03. The van der Waals surface area contributed by atoms with Gasteiger partial charge in [0.05, 0.1) is 0 Å². The summed E-state index contributed by atoms with van der Waals surface area (Å²) in [5, 5.41) is 0. The first kappa shape index (κ1) is 8.55. The van der Waals surface area contributed by atoms with Gasteiger partial charge in [0.15, 0.2) is 0 Å².